The first-order chi connectivity index (χ1) is 32.5. The number of aromatic nitrogens is 1. The number of fused-ring (bicyclic) bond motifs is 5. The molecule has 0 fully saturated rings. The third kappa shape index (κ3) is 6.69. The number of benzene rings is 10. The van der Waals surface area contributed by atoms with Gasteiger partial charge in [-0.05, 0) is 109 Å². The number of nitrogens with zero attached hydrogens (tertiary/aromatic N) is 2. The van der Waals surface area contributed by atoms with Crippen molar-refractivity contribution in [3.8, 4) is 66.9 Å². The van der Waals surface area contributed by atoms with Crippen molar-refractivity contribution in [2.75, 3.05) is 4.90 Å². The molecular formula is C64H46N2. The van der Waals surface area contributed by atoms with E-state index in [0.29, 0.717) is 0 Å². The van der Waals surface area contributed by atoms with Crippen molar-refractivity contribution in [1.82, 2.24) is 4.98 Å². The van der Waals surface area contributed by atoms with Gasteiger partial charge in [0.05, 0.1) is 16.9 Å². The second-order valence-electron chi connectivity index (χ2n) is 17.9. The Morgan fingerprint density at radius 1 is 0.333 bits per heavy atom. The fraction of sp³-hybridized carbons (Fsp3) is 0.0469. The van der Waals surface area contributed by atoms with E-state index in [0.717, 1.165) is 61.5 Å². The van der Waals surface area contributed by atoms with Crippen LogP contribution in [0.3, 0.4) is 0 Å². The monoisotopic (exact) mass is 842 g/mol. The van der Waals surface area contributed by atoms with Crippen molar-refractivity contribution in [2.24, 2.45) is 0 Å². The van der Waals surface area contributed by atoms with E-state index in [1.54, 1.807) is 0 Å². The summed E-state index contributed by atoms with van der Waals surface area (Å²) < 4.78 is 0. The fourth-order valence-electron chi connectivity index (χ4n) is 10.4. The minimum absolute atomic E-state index is 0.147. The van der Waals surface area contributed by atoms with Crippen LogP contribution in [0.1, 0.15) is 25.0 Å². The highest BCUT2D eigenvalue weighted by molar-refractivity contribution is 6.08. The van der Waals surface area contributed by atoms with E-state index >= 15 is 0 Å². The topological polar surface area (TPSA) is 16.1 Å². The molecule has 1 heterocycles. The Labute approximate surface area is 386 Å². The molecule has 312 valence electrons. The lowest BCUT2D eigenvalue weighted by Crippen LogP contribution is -2.16. The Morgan fingerprint density at radius 3 is 1.62 bits per heavy atom. The second-order valence-corrected chi connectivity index (χ2v) is 17.9. The molecule has 1 aliphatic carbocycles. The van der Waals surface area contributed by atoms with Crippen LogP contribution < -0.4 is 4.90 Å². The first-order valence-corrected chi connectivity index (χ1v) is 22.9. The summed E-state index contributed by atoms with van der Waals surface area (Å²) in [4.78, 5) is 7.88. The van der Waals surface area contributed by atoms with Gasteiger partial charge in [-0.2, -0.15) is 0 Å². The van der Waals surface area contributed by atoms with Gasteiger partial charge in [0, 0.05) is 38.9 Å². The molecule has 0 radical (unpaired) electrons. The minimum Gasteiger partial charge on any atom is -0.310 e. The molecular weight excluding hydrogens is 797 g/mol. The van der Waals surface area contributed by atoms with Crippen molar-refractivity contribution in [1.29, 1.82) is 0 Å². The highest BCUT2D eigenvalue weighted by Crippen LogP contribution is 2.51. The van der Waals surface area contributed by atoms with Gasteiger partial charge in [-0.15, -0.1) is 0 Å². The van der Waals surface area contributed by atoms with E-state index in [-0.39, 0.29) is 5.41 Å². The van der Waals surface area contributed by atoms with Gasteiger partial charge in [-0.3, -0.25) is 0 Å². The predicted octanol–water partition coefficient (Wildman–Crippen LogP) is 17.5. The first-order valence-electron chi connectivity index (χ1n) is 22.9. The van der Waals surface area contributed by atoms with Crippen molar-refractivity contribution < 1.29 is 0 Å². The number of para-hydroxylation sites is 2. The van der Waals surface area contributed by atoms with Gasteiger partial charge >= 0.3 is 0 Å². The Kier molecular flexibility index (Phi) is 9.54. The van der Waals surface area contributed by atoms with E-state index in [1.807, 2.05) is 0 Å². The summed E-state index contributed by atoms with van der Waals surface area (Å²) in [6, 6.07) is 88.2. The molecule has 0 atom stereocenters. The van der Waals surface area contributed by atoms with Crippen LogP contribution >= 0.6 is 0 Å². The number of hydrogen-bond acceptors (Lipinski definition) is 2. The maximum Gasteiger partial charge on any atom is 0.0788 e. The molecule has 0 bridgehead atoms. The highest BCUT2D eigenvalue weighted by Gasteiger charge is 2.36. The van der Waals surface area contributed by atoms with Crippen LogP contribution in [0.2, 0.25) is 0 Å². The van der Waals surface area contributed by atoms with Crippen LogP contribution in [0, 0.1) is 0 Å². The maximum atomic E-state index is 5.44. The fourth-order valence-corrected chi connectivity index (χ4v) is 10.4. The van der Waals surface area contributed by atoms with E-state index in [1.165, 1.54) is 55.3 Å². The van der Waals surface area contributed by atoms with Crippen molar-refractivity contribution in [3.63, 3.8) is 0 Å². The van der Waals surface area contributed by atoms with Gasteiger partial charge in [-0.25, -0.2) is 4.98 Å². The first kappa shape index (κ1) is 39.3. The van der Waals surface area contributed by atoms with Gasteiger partial charge in [-0.1, -0.05) is 214 Å². The smallest absolute Gasteiger partial charge is 0.0788 e. The van der Waals surface area contributed by atoms with Gasteiger partial charge < -0.3 is 4.90 Å². The van der Waals surface area contributed by atoms with Crippen LogP contribution in [0.4, 0.5) is 17.1 Å². The van der Waals surface area contributed by atoms with E-state index < -0.39 is 0 Å². The summed E-state index contributed by atoms with van der Waals surface area (Å²) in [6.45, 7) is 4.71. The molecule has 0 aliphatic heterocycles. The molecule has 12 rings (SSSR count). The molecule has 0 saturated heterocycles. The number of rotatable bonds is 8. The number of hydrogen-bond donors (Lipinski definition) is 0. The van der Waals surface area contributed by atoms with Crippen molar-refractivity contribution in [2.45, 2.75) is 19.3 Å². The van der Waals surface area contributed by atoms with Crippen LogP contribution in [0.15, 0.2) is 243 Å². The Morgan fingerprint density at radius 2 is 0.848 bits per heavy atom. The van der Waals surface area contributed by atoms with E-state index in [4.69, 9.17) is 4.98 Å². The average Bonchev–Trinajstić information content (AvgIpc) is 3.61. The molecule has 2 heteroatoms. The molecule has 0 saturated carbocycles. The largest absolute Gasteiger partial charge is 0.310 e. The minimum atomic E-state index is -0.147. The van der Waals surface area contributed by atoms with Crippen LogP contribution in [-0.4, -0.2) is 4.98 Å². The van der Waals surface area contributed by atoms with Gasteiger partial charge in [0.1, 0.15) is 0 Å². The molecule has 10 aromatic carbocycles. The standard InChI is InChI=1S/C64H46N2/c1-64(2)59-26-14-12-25-56(59)57-38-37-50(42-60(57)64)66(62-28-16-13-22-52(62)46-31-29-44(30-32-46)43-17-5-3-6-18-43)49-35-33-47(34-36-49)63-58(41-48-21-9-15-27-61(48)65-63)55-40-39-51(45-19-7-4-8-20-45)53-23-10-11-24-54(53)55/h3-42H,1-2H3. The zero-order chi connectivity index (χ0) is 44.2. The molecule has 1 aromatic heterocycles. The molecule has 0 amide bonds. The summed E-state index contributed by atoms with van der Waals surface area (Å²) in [7, 11) is 0. The van der Waals surface area contributed by atoms with E-state index in [9.17, 15) is 0 Å². The maximum absolute atomic E-state index is 5.44. The number of anilines is 3. The van der Waals surface area contributed by atoms with Gasteiger partial charge in [0.15, 0.2) is 0 Å². The van der Waals surface area contributed by atoms with Crippen molar-refractivity contribution in [3.05, 3.63) is 254 Å². The van der Waals surface area contributed by atoms with Gasteiger partial charge in [0.25, 0.3) is 0 Å². The summed E-state index contributed by atoms with van der Waals surface area (Å²) in [5.41, 5.74) is 20.9. The highest BCUT2D eigenvalue weighted by atomic mass is 15.1. The molecule has 2 nitrogen and oxygen atoms in total. The lowest BCUT2D eigenvalue weighted by molar-refractivity contribution is 0.660. The van der Waals surface area contributed by atoms with Crippen molar-refractivity contribution >= 4 is 38.7 Å². The van der Waals surface area contributed by atoms with Crippen LogP contribution in [0.25, 0.3) is 88.6 Å². The zero-order valence-corrected chi connectivity index (χ0v) is 37.0. The predicted molar refractivity (Wildman–Crippen MR) is 279 cm³/mol. The third-order valence-corrected chi connectivity index (χ3v) is 13.7. The summed E-state index contributed by atoms with van der Waals surface area (Å²) in [5.74, 6) is 0. The van der Waals surface area contributed by atoms with Crippen LogP contribution in [0.5, 0.6) is 0 Å². The second kappa shape index (κ2) is 16.0. The molecule has 0 spiro atoms. The quantitative estimate of drug-likeness (QED) is 0.151. The summed E-state index contributed by atoms with van der Waals surface area (Å²) in [5, 5.41) is 3.54. The lowest BCUT2D eigenvalue weighted by atomic mass is 9.82. The van der Waals surface area contributed by atoms with Crippen LogP contribution in [-0.2, 0) is 5.41 Å². The lowest BCUT2D eigenvalue weighted by Gasteiger charge is -2.30. The third-order valence-electron chi connectivity index (χ3n) is 13.7. The summed E-state index contributed by atoms with van der Waals surface area (Å²) in [6.07, 6.45) is 0. The number of pyridine rings is 1. The Bertz CT molecular complexity index is 3590. The molecule has 1 aliphatic rings. The Hall–Kier alpha value is -8.33. The Balaban J connectivity index is 1.01. The van der Waals surface area contributed by atoms with Gasteiger partial charge in [0.2, 0.25) is 0 Å². The molecule has 66 heavy (non-hydrogen) atoms. The normalized spacial score (nSPS) is 12.5. The SMILES string of the molecule is CC1(C)c2ccccc2-c2ccc(N(c3ccc(-c4nc5ccccc5cc4-c4ccc(-c5ccccc5)c5ccccc45)cc3)c3ccccc3-c3ccc(-c4ccccc4)cc3)cc21. The molecule has 11 aromatic rings. The molecule has 0 unspecified atom stereocenters. The van der Waals surface area contributed by atoms with E-state index in [2.05, 4.69) is 261 Å². The summed E-state index contributed by atoms with van der Waals surface area (Å²) >= 11 is 0. The zero-order valence-electron chi connectivity index (χ0n) is 37.0. The molecule has 0 N–H and O–H groups in total. The average molecular weight is 843 g/mol.